The van der Waals surface area contributed by atoms with Gasteiger partial charge in [-0.05, 0) is 23.6 Å². The minimum Gasteiger partial charge on any atom is -0.491 e. The number of aliphatic hydroxyl groups is 1. The Bertz CT molecular complexity index is 376. The van der Waals surface area contributed by atoms with Crippen LogP contribution in [-0.2, 0) is 4.74 Å². The third-order valence-electron chi connectivity index (χ3n) is 3.12. The van der Waals surface area contributed by atoms with Gasteiger partial charge in [-0.2, -0.15) is 0 Å². The number of aliphatic hydroxyl groups excluding tert-OH is 1. The van der Waals surface area contributed by atoms with Crippen LogP contribution in [0.1, 0.15) is 39.2 Å². The summed E-state index contributed by atoms with van der Waals surface area (Å²) in [5.41, 5.74) is 1.30. The van der Waals surface area contributed by atoms with E-state index in [1.165, 1.54) is 5.56 Å². The van der Waals surface area contributed by atoms with Crippen LogP contribution in [0.5, 0.6) is 5.75 Å². The molecular formula is C17H29NO3. The Balaban J connectivity index is 2.11. The molecule has 0 heterocycles. The summed E-state index contributed by atoms with van der Waals surface area (Å²) >= 11 is 0. The van der Waals surface area contributed by atoms with E-state index in [2.05, 4.69) is 31.3 Å². The molecule has 1 aromatic rings. The molecule has 0 saturated carbocycles. The van der Waals surface area contributed by atoms with Crippen molar-refractivity contribution in [3.05, 3.63) is 29.8 Å². The standard InChI is InChI=1S/C17H29NO3/c1-13(2)15-5-7-17(8-6-15)21-10-9-20-12-16(19)11-18-14(3)4/h5-8,13-14,16,18-19H,9-12H2,1-4H3. The summed E-state index contributed by atoms with van der Waals surface area (Å²) in [5, 5.41) is 12.8. The summed E-state index contributed by atoms with van der Waals surface area (Å²) in [6.07, 6.45) is -0.474. The van der Waals surface area contributed by atoms with Crippen LogP contribution in [0.3, 0.4) is 0 Å². The first-order valence-electron chi connectivity index (χ1n) is 7.71. The number of hydrogen-bond donors (Lipinski definition) is 2. The second-order valence-electron chi connectivity index (χ2n) is 5.86. The largest absolute Gasteiger partial charge is 0.491 e. The minimum atomic E-state index is -0.474. The molecule has 1 aromatic carbocycles. The molecular weight excluding hydrogens is 266 g/mol. The lowest BCUT2D eigenvalue weighted by Crippen LogP contribution is -2.34. The number of hydrogen-bond acceptors (Lipinski definition) is 4. The van der Waals surface area contributed by atoms with Crippen molar-refractivity contribution in [3.8, 4) is 5.75 Å². The normalized spacial score (nSPS) is 12.9. The molecule has 1 atom stereocenters. The second kappa shape index (κ2) is 9.77. The highest BCUT2D eigenvalue weighted by molar-refractivity contribution is 5.28. The third kappa shape index (κ3) is 8.05. The predicted octanol–water partition coefficient (Wildman–Crippen LogP) is 2.56. The lowest BCUT2D eigenvalue weighted by molar-refractivity contribution is 0.0244. The zero-order valence-corrected chi connectivity index (χ0v) is 13.6. The van der Waals surface area contributed by atoms with E-state index in [4.69, 9.17) is 9.47 Å². The molecule has 0 fully saturated rings. The average Bonchev–Trinajstić information content (AvgIpc) is 2.45. The van der Waals surface area contributed by atoms with Gasteiger partial charge in [-0.1, -0.05) is 39.8 Å². The van der Waals surface area contributed by atoms with Gasteiger partial charge in [0.05, 0.1) is 19.3 Å². The van der Waals surface area contributed by atoms with E-state index in [0.717, 1.165) is 5.75 Å². The van der Waals surface area contributed by atoms with Gasteiger partial charge in [0.25, 0.3) is 0 Å². The van der Waals surface area contributed by atoms with Gasteiger partial charge in [-0.25, -0.2) is 0 Å². The van der Waals surface area contributed by atoms with Crippen LogP contribution in [0.2, 0.25) is 0 Å². The molecule has 0 saturated heterocycles. The summed E-state index contributed by atoms with van der Waals surface area (Å²) < 4.78 is 11.0. The minimum absolute atomic E-state index is 0.329. The van der Waals surface area contributed by atoms with Crippen molar-refractivity contribution in [2.45, 2.75) is 45.8 Å². The summed E-state index contributed by atoms with van der Waals surface area (Å²) in [4.78, 5) is 0. The molecule has 21 heavy (non-hydrogen) atoms. The van der Waals surface area contributed by atoms with Crippen molar-refractivity contribution in [2.24, 2.45) is 0 Å². The SMILES string of the molecule is CC(C)NCC(O)COCCOc1ccc(C(C)C)cc1. The fraction of sp³-hybridized carbons (Fsp3) is 0.647. The van der Waals surface area contributed by atoms with Gasteiger partial charge in [-0.3, -0.25) is 0 Å². The lowest BCUT2D eigenvalue weighted by atomic mass is 10.0. The maximum absolute atomic E-state index is 9.67. The Labute approximate surface area is 128 Å². The quantitative estimate of drug-likeness (QED) is 0.651. The van der Waals surface area contributed by atoms with E-state index in [1.54, 1.807) is 0 Å². The van der Waals surface area contributed by atoms with Crippen molar-refractivity contribution in [2.75, 3.05) is 26.4 Å². The van der Waals surface area contributed by atoms with Gasteiger partial charge < -0.3 is 19.9 Å². The van der Waals surface area contributed by atoms with Gasteiger partial charge in [-0.15, -0.1) is 0 Å². The van der Waals surface area contributed by atoms with E-state index >= 15 is 0 Å². The molecule has 1 unspecified atom stereocenters. The first-order valence-corrected chi connectivity index (χ1v) is 7.71. The maximum atomic E-state index is 9.67. The van der Waals surface area contributed by atoms with E-state index in [0.29, 0.717) is 38.3 Å². The monoisotopic (exact) mass is 295 g/mol. The van der Waals surface area contributed by atoms with Crippen molar-refractivity contribution in [3.63, 3.8) is 0 Å². The molecule has 2 N–H and O–H groups in total. The molecule has 0 aliphatic heterocycles. The Morgan fingerprint density at radius 3 is 2.29 bits per heavy atom. The summed E-state index contributed by atoms with van der Waals surface area (Å²) in [5.74, 6) is 1.38. The van der Waals surface area contributed by atoms with Crippen LogP contribution in [0.25, 0.3) is 0 Å². The van der Waals surface area contributed by atoms with E-state index in [9.17, 15) is 5.11 Å². The number of ether oxygens (including phenoxy) is 2. The topological polar surface area (TPSA) is 50.7 Å². The Kier molecular flexibility index (Phi) is 8.35. The molecule has 120 valence electrons. The van der Waals surface area contributed by atoms with Crippen LogP contribution < -0.4 is 10.1 Å². The van der Waals surface area contributed by atoms with Crippen molar-refractivity contribution >= 4 is 0 Å². The molecule has 1 rings (SSSR count). The van der Waals surface area contributed by atoms with Crippen molar-refractivity contribution in [1.29, 1.82) is 0 Å². The molecule has 0 bridgehead atoms. The highest BCUT2D eigenvalue weighted by atomic mass is 16.5. The zero-order valence-electron chi connectivity index (χ0n) is 13.6. The lowest BCUT2D eigenvalue weighted by Gasteiger charge is -2.14. The average molecular weight is 295 g/mol. The van der Waals surface area contributed by atoms with Crippen molar-refractivity contribution in [1.82, 2.24) is 5.32 Å². The first kappa shape index (κ1) is 18.0. The molecule has 0 aliphatic carbocycles. The van der Waals surface area contributed by atoms with Crippen LogP contribution in [0.4, 0.5) is 0 Å². The van der Waals surface area contributed by atoms with Crippen molar-refractivity contribution < 1.29 is 14.6 Å². The smallest absolute Gasteiger partial charge is 0.119 e. The summed E-state index contributed by atoms with van der Waals surface area (Å²) in [6, 6.07) is 8.51. The molecule has 0 aliphatic rings. The van der Waals surface area contributed by atoms with Crippen LogP contribution in [0, 0.1) is 0 Å². The van der Waals surface area contributed by atoms with Gasteiger partial charge in [0, 0.05) is 12.6 Å². The molecule has 0 radical (unpaired) electrons. The number of nitrogens with one attached hydrogen (secondary N) is 1. The number of benzene rings is 1. The molecule has 0 amide bonds. The molecule has 0 aromatic heterocycles. The molecule has 4 nitrogen and oxygen atoms in total. The third-order valence-corrected chi connectivity index (χ3v) is 3.12. The Morgan fingerprint density at radius 1 is 1.05 bits per heavy atom. The molecule has 0 spiro atoms. The highest BCUT2D eigenvalue weighted by Crippen LogP contribution is 2.18. The maximum Gasteiger partial charge on any atom is 0.119 e. The second-order valence-corrected chi connectivity index (χ2v) is 5.86. The van der Waals surface area contributed by atoms with Gasteiger partial charge in [0.2, 0.25) is 0 Å². The van der Waals surface area contributed by atoms with E-state index in [-0.39, 0.29) is 0 Å². The summed E-state index contributed by atoms with van der Waals surface area (Å²) in [7, 11) is 0. The Hall–Kier alpha value is -1.10. The Morgan fingerprint density at radius 2 is 1.71 bits per heavy atom. The van der Waals surface area contributed by atoms with Gasteiger partial charge in [0.1, 0.15) is 12.4 Å². The predicted molar refractivity (Wildman–Crippen MR) is 86.0 cm³/mol. The highest BCUT2D eigenvalue weighted by Gasteiger charge is 2.05. The summed E-state index contributed by atoms with van der Waals surface area (Å²) in [6.45, 7) is 10.3. The fourth-order valence-electron chi connectivity index (χ4n) is 1.82. The molecule has 4 heteroatoms. The van der Waals surface area contributed by atoms with Crippen LogP contribution in [0.15, 0.2) is 24.3 Å². The fourth-order valence-corrected chi connectivity index (χ4v) is 1.82. The van der Waals surface area contributed by atoms with E-state index in [1.807, 2.05) is 26.0 Å². The van der Waals surface area contributed by atoms with E-state index < -0.39 is 6.10 Å². The number of rotatable bonds is 10. The first-order chi connectivity index (χ1) is 9.99. The van der Waals surface area contributed by atoms with Gasteiger partial charge in [0.15, 0.2) is 0 Å². The van der Waals surface area contributed by atoms with Gasteiger partial charge >= 0.3 is 0 Å². The zero-order chi connectivity index (χ0) is 15.7. The van der Waals surface area contributed by atoms with Crippen LogP contribution >= 0.6 is 0 Å². The van der Waals surface area contributed by atoms with Crippen LogP contribution in [-0.4, -0.2) is 43.6 Å².